The molecule has 9 rings (SSSR count). The van der Waals surface area contributed by atoms with Crippen molar-refractivity contribution in [3.63, 3.8) is 0 Å². The Morgan fingerprint density at radius 3 is 1.83 bits per heavy atom. The van der Waals surface area contributed by atoms with Crippen LogP contribution < -0.4 is 0 Å². The van der Waals surface area contributed by atoms with E-state index in [0.29, 0.717) is 17.5 Å². The smallest absolute Gasteiger partial charge is 0.164 e. The van der Waals surface area contributed by atoms with Gasteiger partial charge in [0.05, 0.1) is 10.2 Å². The van der Waals surface area contributed by atoms with Crippen molar-refractivity contribution in [1.82, 2.24) is 19.9 Å². The van der Waals surface area contributed by atoms with Crippen LogP contribution in [0.3, 0.4) is 0 Å². The molecule has 0 aliphatic rings. The van der Waals surface area contributed by atoms with Crippen LogP contribution in [0.4, 0.5) is 0 Å². The van der Waals surface area contributed by atoms with Crippen molar-refractivity contribution in [3.05, 3.63) is 146 Å². The molecule has 0 spiro atoms. The molecule has 9 aromatic rings. The Kier molecular flexibility index (Phi) is 6.25. The summed E-state index contributed by atoms with van der Waals surface area (Å²) in [5.74, 6) is 1.85. The molecule has 0 bridgehead atoms. The molecule has 0 aliphatic carbocycles. The number of furan rings is 1. The summed E-state index contributed by atoms with van der Waals surface area (Å²) < 4.78 is 7.57. The first-order chi connectivity index (χ1) is 22.8. The Morgan fingerprint density at radius 1 is 0.435 bits per heavy atom. The van der Waals surface area contributed by atoms with Crippen molar-refractivity contribution in [3.8, 4) is 55.9 Å². The maximum absolute atomic E-state index is 6.38. The van der Waals surface area contributed by atoms with Crippen LogP contribution in [0.5, 0.6) is 0 Å². The van der Waals surface area contributed by atoms with Gasteiger partial charge in [0.25, 0.3) is 0 Å². The SMILES string of the molecule is c1ccc(-c2nc(-c3ccccc3)nc(-c3cccc4oc5ccc(-c6cccc(-c7nc8ccccc8s7)c6)cc5c34)n2)cc1. The highest BCUT2D eigenvalue weighted by Gasteiger charge is 2.18. The van der Waals surface area contributed by atoms with Crippen molar-refractivity contribution in [2.75, 3.05) is 0 Å². The highest BCUT2D eigenvalue weighted by atomic mass is 32.1. The Hall–Kier alpha value is -5.98. The Bertz CT molecular complexity index is 2450. The predicted octanol–water partition coefficient (Wildman–Crippen LogP) is 10.7. The third kappa shape index (κ3) is 4.64. The van der Waals surface area contributed by atoms with Gasteiger partial charge in [0.15, 0.2) is 17.5 Å². The third-order valence-corrected chi connectivity index (χ3v) is 9.26. The van der Waals surface area contributed by atoms with Crippen LogP contribution in [0, 0.1) is 0 Å². The van der Waals surface area contributed by atoms with E-state index >= 15 is 0 Å². The summed E-state index contributed by atoms with van der Waals surface area (Å²) in [7, 11) is 0. The summed E-state index contributed by atoms with van der Waals surface area (Å²) in [5, 5.41) is 3.00. The standard InChI is InChI=1S/C40H24N4OS/c1-3-11-25(12-4-1)37-42-38(26-13-5-2-6-14-26)44-39(43-37)30-17-10-19-34-36(30)31-24-28(21-22-33(31)45-34)27-15-9-16-29(23-27)40-41-32-18-7-8-20-35(32)46-40/h1-24H. The topological polar surface area (TPSA) is 64.7 Å². The van der Waals surface area contributed by atoms with E-state index in [1.807, 2.05) is 78.9 Å². The molecule has 0 radical (unpaired) electrons. The lowest BCUT2D eigenvalue weighted by Gasteiger charge is -2.09. The lowest BCUT2D eigenvalue weighted by atomic mass is 9.99. The number of para-hydroxylation sites is 1. The van der Waals surface area contributed by atoms with Gasteiger partial charge in [-0.15, -0.1) is 11.3 Å². The second-order valence-corrected chi connectivity index (χ2v) is 12.1. The largest absolute Gasteiger partial charge is 0.456 e. The maximum Gasteiger partial charge on any atom is 0.164 e. The first-order valence-electron chi connectivity index (χ1n) is 15.1. The van der Waals surface area contributed by atoms with Gasteiger partial charge in [-0.2, -0.15) is 0 Å². The highest BCUT2D eigenvalue weighted by Crippen LogP contribution is 2.39. The summed E-state index contributed by atoms with van der Waals surface area (Å²) in [6.45, 7) is 0. The quantitative estimate of drug-likeness (QED) is 0.194. The van der Waals surface area contributed by atoms with Gasteiger partial charge in [0, 0.05) is 33.0 Å². The van der Waals surface area contributed by atoms with E-state index in [1.54, 1.807) is 11.3 Å². The summed E-state index contributed by atoms with van der Waals surface area (Å²) in [5.41, 5.74) is 8.70. The lowest BCUT2D eigenvalue weighted by Crippen LogP contribution is -2.00. The third-order valence-electron chi connectivity index (χ3n) is 8.17. The van der Waals surface area contributed by atoms with E-state index in [9.17, 15) is 0 Å². The molecule has 0 unspecified atom stereocenters. The Morgan fingerprint density at radius 2 is 1.07 bits per heavy atom. The molecular formula is C40H24N4OS. The van der Waals surface area contributed by atoms with Crippen molar-refractivity contribution in [2.24, 2.45) is 0 Å². The first kappa shape index (κ1) is 26.4. The fourth-order valence-corrected chi connectivity index (χ4v) is 6.91. The lowest BCUT2D eigenvalue weighted by molar-refractivity contribution is 0.669. The van der Waals surface area contributed by atoms with Crippen LogP contribution in [0.15, 0.2) is 150 Å². The Balaban J connectivity index is 1.21. The van der Waals surface area contributed by atoms with Gasteiger partial charge in [-0.3, -0.25) is 0 Å². The molecule has 0 fully saturated rings. The number of aromatic nitrogens is 4. The molecule has 5 nitrogen and oxygen atoms in total. The zero-order valence-electron chi connectivity index (χ0n) is 24.5. The van der Waals surface area contributed by atoms with Gasteiger partial charge in [-0.05, 0) is 47.5 Å². The highest BCUT2D eigenvalue weighted by molar-refractivity contribution is 7.21. The van der Waals surface area contributed by atoms with Crippen LogP contribution in [0.1, 0.15) is 0 Å². The average Bonchev–Trinajstić information content (AvgIpc) is 3.74. The average molecular weight is 609 g/mol. The van der Waals surface area contributed by atoms with Crippen molar-refractivity contribution in [1.29, 1.82) is 0 Å². The zero-order valence-corrected chi connectivity index (χ0v) is 25.3. The van der Waals surface area contributed by atoms with Crippen molar-refractivity contribution in [2.45, 2.75) is 0 Å². The minimum absolute atomic E-state index is 0.601. The van der Waals surface area contributed by atoms with Gasteiger partial charge in [-0.1, -0.05) is 109 Å². The summed E-state index contributed by atoms with van der Waals surface area (Å²) in [6, 6.07) is 49.4. The van der Waals surface area contributed by atoms with E-state index < -0.39 is 0 Å². The zero-order chi connectivity index (χ0) is 30.5. The van der Waals surface area contributed by atoms with Crippen LogP contribution in [-0.4, -0.2) is 19.9 Å². The summed E-state index contributed by atoms with van der Waals surface area (Å²) in [6.07, 6.45) is 0. The van der Waals surface area contributed by atoms with E-state index in [0.717, 1.165) is 65.8 Å². The van der Waals surface area contributed by atoms with Crippen molar-refractivity contribution >= 4 is 43.5 Å². The number of fused-ring (bicyclic) bond motifs is 4. The Labute approximate surface area is 268 Å². The number of nitrogens with zero attached hydrogens (tertiary/aromatic N) is 4. The number of hydrogen-bond donors (Lipinski definition) is 0. The molecular weight excluding hydrogens is 585 g/mol. The van der Waals surface area contributed by atoms with Crippen LogP contribution in [0.25, 0.3) is 88.0 Å². The molecule has 3 aromatic heterocycles. The van der Waals surface area contributed by atoms with Crippen molar-refractivity contribution < 1.29 is 4.42 Å². The van der Waals surface area contributed by atoms with Crippen LogP contribution in [0.2, 0.25) is 0 Å². The fourth-order valence-electron chi connectivity index (χ4n) is 5.95. The van der Waals surface area contributed by atoms with Crippen LogP contribution >= 0.6 is 11.3 Å². The number of hydrogen-bond acceptors (Lipinski definition) is 6. The van der Waals surface area contributed by atoms with E-state index in [-0.39, 0.29) is 0 Å². The molecule has 0 amide bonds. The van der Waals surface area contributed by atoms with Gasteiger partial charge >= 0.3 is 0 Å². The van der Waals surface area contributed by atoms with Gasteiger partial charge < -0.3 is 4.42 Å². The second kappa shape index (κ2) is 10.9. The van der Waals surface area contributed by atoms with E-state index in [4.69, 9.17) is 24.4 Å². The van der Waals surface area contributed by atoms with E-state index in [1.165, 1.54) is 4.70 Å². The van der Waals surface area contributed by atoms with Gasteiger partial charge in [0.2, 0.25) is 0 Å². The molecule has 216 valence electrons. The van der Waals surface area contributed by atoms with Crippen LogP contribution in [-0.2, 0) is 0 Å². The van der Waals surface area contributed by atoms with E-state index in [2.05, 4.69) is 66.7 Å². The minimum atomic E-state index is 0.601. The molecule has 0 atom stereocenters. The predicted molar refractivity (Wildman–Crippen MR) is 187 cm³/mol. The number of benzene rings is 6. The molecule has 46 heavy (non-hydrogen) atoms. The fraction of sp³-hybridized carbons (Fsp3) is 0. The molecule has 0 aliphatic heterocycles. The molecule has 3 heterocycles. The number of rotatable bonds is 5. The molecule has 0 saturated heterocycles. The van der Waals surface area contributed by atoms with Gasteiger partial charge in [0.1, 0.15) is 16.2 Å². The summed E-state index contributed by atoms with van der Waals surface area (Å²) in [4.78, 5) is 19.8. The monoisotopic (exact) mass is 608 g/mol. The molecule has 0 saturated carbocycles. The number of thiazole rings is 1. The molecule has 6 aromatic carbocycles. The first-order valence-corrected chi connectivity index (χ1v) is 15.9. The minimum Gasteiger partial charge on any atom is -0.456 e. The van der Waals surface area contributed by atoms with Gasteiger partial charge in [-0.25, -0.2) is 19.9 Å². The maximum atomic E-state index is 6.38. The normalized spacial score (nSPS) is 11.5. The summed E-state index contributed by atoms with van der Waals surface area (Å²) >= 11 is 1.71. The molecule has 6 heteroatoms. The molecule has 0 N–H and O–H groups in total. The second-order valence-electron chi connectivity index (χ2n) is 11.1.